The van der Waals surface area contributed by atoms with Crippen LogP contribution in [0.1, 0.15) is 29.4 Å². The third kappa shape index (κ3) is 2.92. The third-order valence-electron chi connectivity index (χ3n) is 3.44. The van der Waals surface area contributed by atoms with Gasteiger partial charge in [-0.2, -0.15) is 0 Å². The van der Waals surface area contributed by atoms with Gasteiger partial charge in [0.15, 0.2) is 0 Å². The monoisotopic (exact) mass is 318 g/mol. The fourth-order valence-electron chi connectivity index (χ4n) is 2.32. The number of ether oxygens (including phenoxy) is 1. The summed E-state index contributed by atoms with van der Waals surface area (Å²) in [6.45, 7) is 11.9. The molecule has 0 atom stereocenters. The minimum atomic E-state index is -0.235. The first-order chi connectivity index (χ1) is 10.4. The lowest BCUT2D eigenvalue weighted by atomic mass is 10.1. The highest BCUT2D eigenvalue weighted by Gasteiger charge is 2.14. The predicted molar refractivity (Wildman–Crippen MR) is 89.7 cm³/mol. The van der Waals surface area contributed by atoms with E-state index in [1.54, 1.807) is 16.8 Å². The molecule has 0 aromatic carbocycles. The molecule has 0 aliphatic rings. The molecule has 0 amide bonds. The predicted octanol–water partition coefficient (Wildman–Crippen LogP) is 3.82. The van der Waals surface area contributed by atoms with Gasteiger partial charge in [-0.25, -0.2) is 0 Å². The van der Waals surface area contributed by atoms with Crippen LogP contribution in [0.15, 0.2) is 29.7 Å². The van der Waals surface area contributed by atoms with Gasteiger partial charge in [0.25, 0.3) is 5.56 Å². The molecule has 0 fully saturated rings. The minimum absolute atomic E-state index is 0.229. The summed E-state index contributed by atoms with van der Waals surface area (Å²) in [6, 6.07) is 3.69. The summed E-state index contributed by atoms with van der Waals surface area (Å²) in [5.41, 5.74) is 3.56. The lowest BCUT2D eigenvalue weighted by Gasteiger charge is -2.16. The SMILES string of the molecule is C=C(OCC)c1cc(-n2c(C)cc(C)c(Cl)c2=O)c(C)cn1. The van der Waals surface area contributed by atoms with Crippen LogP contribution in [0.5, 0.6) is 0 Å². The third-order valence-corrected chi connectivity index (χ3v) is 3.89. The van der Waals surface area contributed by atoms with Crippen molar-refractivity contribution < 1.29 is 4.74 Å². The number of rotatable bonds is 4. The Morgan fingerprint density at radius 1 is 1.32 bits per heavy atom. The van der Waals surface area contributed by atoms with Crippen LogP contribution in [-0.4, -0.2) is 16.2 Å². The lowest BCUT2D eigenvalue weighted by molar-refractivity contribution is 0.298. The molecule has 0 aliphatic carbocycles. The molecule has 0 saturated carbocycles. The van der Waals surface area contributed by atoms with E-state index in [-0.39, 0.29) is 10.6 Å². The average Bonchev–Trinajstić information content (AvgIpc) is 2.47. The van der Waals surface area contributed by atoms with Gasteiger partial charge in [0.2, 0.25) is 0 Å². The van der Waals surface area contributed by atoms with Gasteiger partial charge in [-0.05, 0) is 51.0 Å². The Morgan fingerprint density at radius 2 is 2.00 bits per heavy atom. The smallest absolute Gasteiger partial charge is 0.274 e. The first kappa shape index (κ1) is 16.3. The summed E-state index contributed by atoms with van der Waals surface area (Å²) >= 11 is 6.12. The van der Waals surface area contributed by atoms with Gasteiger partial charge >= 0.3 is 0 Å². The summed E-state index contributed by atoms with van der Waals surface area (Å²) in [7, 11) is 0. The number of nitrogens with zero attached hydrogens (tertiary/aromatic N) is 2. The van der Waals surface area contributed by atoms with Crippen LogP contribution in [0, 0.1) is 20.8 Å². The standard InChI is InChI=1S/C17H19ClN2O2/c1-6-22-13(5)14-8-15(11(3)9-19-14)20-12(4)7-10(2)16(18)17(20)21/h7-9H,5-6H2,1-4H3. The quantitative estimate of drug-likeness (QED) is 0.805. The highest BCUT2D eigenvalue weighted by atomic mass is 35.5. The van der Waals surface area contributed by atoms with Crippen molar-refractivity contribution in [3.05, 3.63) is 62.8 Å². The fraction of sp³-hybridized carbons (Fsp3) is 0.294. The van der Waals surface area contributed by atoms with Gasteiger partial charge in [-0.1, -0.05) is 18.2 Å². The Bertz CT molecular complexity index is 794. The number of pyridine rings is 2. The van der Waals surface area contributed by atoms with Crippen LogP contribution >= 0.6 is 11.6 Å². The molecule has 2 heterocycles. The first-order valence-corrected chi connectivity index (χ1v) is 7.42. The van der Waals surface area contributed by atoms with Crippen molar-refractivity contribution in [2.45, 2.75) is 27.7 Å². The van der Waals surface area contributed by atoms with Crippen molar-refractivity contribution in [2.75, 3.05) is 6.61 Å². The van der Waals surface area contributed by atoms with Crippen LogP contribution in [0.3, 0.4) is 0 Å². The van der Waals surface area contributed by atoms with Crippen molar-refractivity contribution in [2.24, 2.45) is 0 Å². The van der Waals surface area contributed by atoms with Gasteiger partial charge in [0.1, 0.15) is 16.5 Å². The molecule has 4 nitrogen and oxygen atoms in total. The van der Waals surface area contributed by atoms with E-state index >= 15 is 0 Å². The molecule has 22 heavy (non-hydrogen) atoms. The van der Waals surface area contributed by atoms with E-state index in [2.05, 4.69) is 11.6 Å². The van der Waals surface area contributed by atoms with E-state index in [1.807, 2.05) is 33.8 Å². The van der Waals surface area contributed by atoms with Crippen molar-refractivity contribution in [3.63, 3.8) is 0 Å². The molecule has 0 radical (unpaired) electrons. The van der Waals surface area contributed by atoms with Crippen LogP contribution in [0.2, 0.25) is 5.02 Å². The summed E-state index contributed by atoms with van der Waals surface area (Å²) < 4.78 is 6.98. The van der Waals surface area contributed by atoms with E-state index in [4.69, 9.17) is 16.3 Å². The average molecular weight is 319 g/mol. The first-order valence-electron chi connectivity index (χ1n) is 7.04. The topological polar surface area (TPSA) is 44.1 Å². The maximum absolute atomic E-state index is 12.5. The lowest BCUT2D eigenvalue weighted by Crippen LogP contribution is -2.23. The van der Waals surface area contributed by atoms with Crippen molar-refractivity contribution in [1.29, 1.82) is 0 Å². The maximum atomic E-state index is 12.5. The maximum Gasteiger partial charge on any atom is 0.274 e. The Kier molecular flexibility index (Phi) is 4.71. The van der Waals surface area contributed by atoms with Crippen LogP contribution < -0.4 is 5.56 Å². The van der Waals surface area contributed by atoms with Crippen LogP contribution in [0.25, 0.3) is 11.4 Å². The molecular formula is C17H19ClN2O2. The zero-order valence-corrected chi connectivity index (χ0v) is 14.0. The molecule has 0 bridgehead atoms. The molecule has 0 unspecified atom stereocenters. The molecule has 0 saturated heterocycles. The van der Waals surface area contributed by atoms with Crippen LogP contribution in [-0.2, 0) is 4.74 Å². The van der Waals surface area contributed by atoms with Gasteiger partial charge in [-0.3, -0.25) is 14.3 Å². The minimum Gasteiger partial charge on any atom is -0.492 e. The number of halogens is 1. The Hall–Kier alpha value is -2.07. The molecule has 2 rings (SSSR count). The zero-order valence-electron chi connectivity index (χ0n) is 13.2. The summed E-state index contributed by atoms with van der Waals surface area (Å²) in [5, 5.41) is 0.229. The van der Waals surface area contributed by atoms with E-state index in [9.17, 15) is 4.79 Å². The molecule has 0 aliphatic heterocycles. The molecule has 0 N–H and O–H groups in total. The highest BCUT2D eigenvalue weighted by Crippen LogP contribution is 2.21. The van der Waals surface area contributed by atoms with Gasteiger partial charge < -0.3 is 4.74 Å². The summed E-state index contributed by atoms with van der Waals surface area (Å²) in [5.74, 6) is 0.479. The fourth-order valence-corrected chi connectivity index (χ4v) is 2.46. The zero-order chi connectivity index (χ0) is 16.4. The van der Waals surface area contributed by atoms with E-state index in [1.165, 1.54) is 0 Å². The number of aryl methyl sites for hydroxylation is 3. The molecular weight excluding hydrogens is 300 g/mol. The van der Waals surface area contributed by atoms with E-state index < -0.39 is 0 Å². The molecule has 5 heteroatoms. The normalized spacial score (nSPS) is 10.6. The van der Waals surface area contributed by atoms with Gasteiger partial charge in [-0.15, -0.1) is 0 Å². The number of hydrogen-bond acceptors (Lipinski definition) is 3. The summed E-state index contributed by atoms with van der Waals surface area (Å²) in [6.07, 6.45) is 1.70. The highest BCUT2D eigenvalue weighted by molar-refractivity contribution is 6.31. The molecule has 0 spiro atoms. The van der Waals surface area contributed by atoms with E-state index in [0.29, 0.717) is 18.1 Å². The molecule has 2 aromatic heterocycles. The second-order valence-corrected chi connectivity index (χ2v) is 5.51. The molecule has 116 valence electrons. The second kappa shape index (κ2) is 6.36. The molecule has 2 aromatic rings. The second-order valence-electron chi connectivity index (χ2n) is 5.14. The summed E-state index contributed by atoms with van der Waals surface area (Å²) in [4.78, 5) is 16.8. The Labute approximate surface area is 135 Å². The van der Waals surface area contributed by atoms with Gasteiger partial charge in [0, 0.05) is 11.9 Å². The van der Waals surface area contributed by atoms with Gasteiger partial charge in [0.05, 0.1) is 12.3 Å². The number of aromatic nitrogens is 2. The van der Waals surface area contributed by atoms with Crippen LogP contribution in [0.4, 0.5) is 0 Å². The van der Waals surface area contributed by atoms with Crippen molar-refractivity contribution >= 4 is 17.4 Å². The van der Waals surface area contributed by atoms with Crippen molar-refractivity contribution in [3.8, 4) is 5.69 Å². The van der Waals surface area contributed by atoms with Crippen molar-refractivity contribution in [1.82, 2.24) is 9.55 Å². The largest absolute Gasteiger partial charge is 0.492 e. The number of hydrogen-bond donors (Lipinski definition) is 0. The Morgan fingerprint density at radius 3 is 2.64 bits per heavy atom. The Balaban J connectivity index is 2.68. The van der Waals surface area contributed by atoms with E-state index in [0.717, 1.165) is 22.5 Å².